The number of nitrogens with one attached hydrogen (secondary N) is 1. The largest absolute Gasteiger partial charge is 0.380 e. The van der Waals surface area contributed by atoms with Gasteiger partial charge in [-0.15, -0.1) is 0 Å². The van der Waals surface area contributed by atoms with Crippen molar-refractivity contribution in [3.8, 4) is 0 Å². The molecule has 0 aromatic heterocycles. The van der Waals surface area contributed by atoms with Crippen molar-refractivity contribution < 1.29 is 4.74 Å². The highest BCUT2D eigenvalue weighted by molar-refractivity contribution is 4.69. The van der Waals surface area contributed by atoms with Crippen LogP contribution < -0.4 is 5.32 Å². The third kappa shape index (κ3) is 8.12. The van der Waals surface area contributed by atoms with Crippen LogP contribution in [0.5, 0.6) is 0 Å². The molecule has 0 atom stereocenters. The van der Waals surface area contributed by atoms with Gasteiger partial charge in [-0.1, -0.05) is 41.0 Å². The predicted octanol–water partition coefficient (Wildman–Crippen LogP) is 3.32. The molecule has 2 nitrogen and oxygen atoms in total. The Bertz CT molecular complexity index is 138. The Kier molecular flexibility index (Phi) is 10.0. The van der Waals surface area contributed by atoms with E-state index in [-0.39, 0.29) is 0 Å². The first kappa shape index (κ1) is 15.9. The molecule has 0 aromatic carbocycles. The second kappa shape index (κ2) is 10.1. The number of hydrogen-bond acceptors (Lipinski definition) is 2. The van der Waals surface area contributed by atoms with Crippen molar-refractivity contribution in [2.24, 2.45) is 17.8 Å². The summed E-state index contributed by atoms with van der Waals surface area (Å²) in [4.78, 5) is 0. The Morgan fingerprint density at radius 1 is 1.00 bits per heavy atom. The van der Waals surface area contributed by atoms with Crippen LogP contribution in [0.4, 0.5) is 0 Å². The lowest BCUT2D eigenvalue weighted by Gasteiger charge is -2.25. The highest BCUT2D eigenvalue weighted by Crippen LogP contribution is 2.19. The van der Waals surface area contributed by atoms with Crippen molar-refractivity contribution in [1.82, 2.24) is 5.32 Å². The van der Waals surface area contributed by atoms with Crippen molar-refractivity contribution in [3.05, 3.63) is 0 Å². The molecule has 0 saturated heterocycles. The summed E-state index contributed by atoms with van der Waals surface area (Å²) in [6.45, 7) is 15.3. The summed E-state index contributed by atoms with van der Waals surface area (Å²) in [5, 5.41) is 3.50. The summed E-state index contributed by atoms with van der Waals surface area (Å²) in [6.07, 6.45) is 2.40. The Morgan fingerprint density at radius 2 is 1.62 bits per heavy atom. The van der Waals surface area contributed by atoms with Gasteiger partial charge in [-0.05, 0) is 30.7 Å². The summed E-state index contributed by atoms with van der Waals surface area (Å²) in [5.41, 5.74) is 0. The molecule has 0 radical (unpaired) electrons. The van der Waals surface area contributed by atoms with Gasteiger partial charge in [-0.25, -0.2) is 0 Å². The fourth-order valence-electron chi connectivity index (χ4n) is 2.00. The second-order valence-electron chi connectivity index (χ2n) is 5.32. The molecule has 2 heteroatoms. The van der Waals surface area contributed by atoms with Crippen molar-refractivity contribution in [2.75, 3.05) is 26.3 Å². The van der Waals surface area contributed by atoms with Gasteiger partial charge in [0.2, 0.25) is 0 Å². The van der Waals surface area contributed by atoms with Crippen LogP contribution in [-0.4, -0.2) is 26.3 Å². The van der Waals surface area contributed by atoms with E-state index in [4.69, 9.17) is 4.74 Å². The fraction of sp³-hybridized carbons (Fsp3) is 1.00. The lowest BCUT2D eigenvalue weighted by molar-refractivity contribution is 0.130. The van der Waals surface area contributed by atoms with E-state index in [1.54, 1.807) is 0 Å². The molecule has 0 aliphatic heterocycles. The molecule has 0 rings (SSSR count). The highest BCUT2D eigenvalue weighted by atomic mass is 16.5. The minimum Gasteiger partial charge on any atom is -0.380 e. The van der Waals surface area contributed by atoms with Crippen molar-refractivity contribution >= 4 is 0 Å². The lowest BCUT2D eigenvalue weighted by atomic mass is 9.85. The van der Waals surface area contributed by atoms with Gasteiger partial charge >= 0.3 is 0 Å². The van der Waals surface area contributed by atoms with Crippen LogP contribution in [0.25, 0.3) is 0 Å². The minimum atomic E-state index is 0.758. The van der Waals surface area contributed by atoms with Gasteiger partial charge in [0.1, 0.15) is 0 Å². The molecule has 0 bridgehead atoms. The summed E-state index contributed by atoms with van der Waals surface area (Å²) in [5.74, 6) is 2.29. The normalized spacial score (nSPS) is 12.0. The number of rotatable bonds is 10. The topological polar surface area (TPSA) is 21.3 Å². The Morgan fingerprint density at radius 3 is 2.12 bits per heavy atom. The maximum atomic E-state index is 5.51. The zero-order valence-electron chi connectivity index (χ0n) is 11.9. The van der Waals surface area contributed by atoms with E-state index in [1.807, 2.05) is 0 Å². The average Bonchev–Trinajstić information content (AvgIpc) is 2.21. The van der Waals surface area contributed by atoms with E-state index in [0.717, 1.165) is 44.1 Å². The standard InChI is InChI=1S/C14H31NO/c1-6-7-9-16-10-8-15-11-14(12(2)3)13(4)5/h12-15H,6-11H2,1-5H3. The van der Waals surface area contributed by atoms with Gasteiger partial charge in [-0.2, -0.15) is 0 Å². The molecular weight excluding hydrogens is 198 g/mol. The van der Waals surface area contributed by atoms with Gasteiger partial charge < -0.3 is 10.1 Å². The average molecular weight is 229 g/mol. The van der Waals surface area contributed by atoms with Gasteiger partial charge in [-0.3, -0.25) is 0 Å². The molecule has 0 fully saturated rings. The molecule has 0 spiro atoms. The molecule has 98 valence electrons. The summed E-state index contributed by atoms with van der Waals surface area (Å²) in [7, 11) is 0. The smallest absolute Gasteiger partial charge is 0.0590 e. The van der Waals surface area contributed by atoms with E-state index in [9.17, 15) is 0 Å². The SMILES string of the molecule is CCCCOCCNCC(C(C)C)C(C)C. The van der Waals surface area contributed by atoms with Gasteiger partial charge in [0.05, 0.1) is 6.61 Å². The van der Waals surface area contributed by atoms with Gasteiger partial charge in [0, 0.05) is 13.2 Å². The molecular formula is C14H31NO. The zero-order valence-corrected chi connectivity index (χ0v) is 11.9. The van der Waals surface area contributed by atoms with Crippen LogP contribution in [0.2, 0.25) is 0 Å². The highest BCUT2D eigenvalue weighted by Gasteiger charge is 2.16. The van der Waals surface area contributed by atoms with E-state index in [2.05, 4.69) is 39.9 Å². The van der Waals surface area contributed by atoms with Crippen molar-refractivity contribution in [3.63, 3.8) is 0 Å². The fourth-order valence-corrected chi connectivity index (χ4v) is 2.00. The Balaban J connectivity index is 3.41. The first-order valence-electron chi connectivity index (χ1n) is 6.88. The van der Waals surface area contributed by atoms with E-state index >= 15 is 0 Å². The molecule has 0 saturated carbocycles. The Labute approximate surface area is 102 Å². The maximum Gasteiger partial charge on any atom is 0.0590 e. The first-order valence-corrected chi connectivity index (χ1v) is 6.88. The number of unbranched alkanes of at least 4 members (excludes halogenated alkanes) is 1. The molecule has 0 unspecified atom stereocenters. The predicted molar refractivity (Wildman–Crippen MR) is 71.8 cm³/mol. The quantitative estimate of drug-likeness (QED) is 0.580. The molecule has 0 amide bonds. The molecule has 0 aliphatic carbocycles. The van der Waals surface area contributed by atoms with Gasteiger partial charge in [0.25, 0.3) is 0 Å². The molecule has 0 aromatic rings. The van der Waals surface area contributed by atoms with Crippen LogP contribution in [0.3, 0.4) is 0 Å². The van der Waals surface area contributed by atoms with E-state index in [1.165, 1.54) is 12.8 Å². The van der Waals surface area contributed by atoms with Gasteiger partial charge in [0.15, 0.2) is 0 Å². The monoisotopic (exact) mass is 229 g/mol. The van der Waals surface area contributed by atoms with Crippen molar-refractivity contribution in [2.45, 2.75) is 47.5 Å². The van der Waals surface area contributed by atoms with Crippen LogP contribution >= 0.6 is 0 Å². The number of ether oxygens (including phenoxy) is 1. The van der Waals surface area contributed by atoms with E-state index < -0.39 is 0 Å². The molecule has 0 heterocycles. The second-order valence-corrected chi connectivity index (χ2v) is 5.32. The summed E-state index contributed by atoms with van der Waals surface area (Å²) >= 11 is 0. The summed E-state index contributed by atoms with van der Waals surface area (Å²) < 4.78 is 5.51. The third-order valence-corrected chi connectivity index (χ3v) is 3.16. The minimum absolute atomic E-state index is 0.758. The molecule has 1 N–H and O–H groups in total. The van der Waals surface area contributed by atoms with Crippen molar-refractivity contribution in [1.29, 1.82) is 0 Å². The van der Waals surface area contributed by atoms with E-state index in [0.29, 0.717) is 0 Å². The first-order chi connectivity index (χ1) is 7.59. The molecule has 16 heavy (non-hydrogen) atoms. The molecule has 0 aliphatic rings. The summed E-state index contributed by atoms with van der Waals surface area (Å²) in [6, 6.07) is 0. The van der Waals surface area contributed by atoms with Crippen LogP contribution in [0, 0.1) is 17.8 Å². The van der Waals surface area contributed by atoms with Crippen LogP contribution in [-0.2, 0) is 4.74 Å². The zero-order chi connectivity index (χ0) is 12.4. The van der Waals surface area contributed by atoms with Crippen LogP contribution in [0.1, 0.15) is 47.5 Å². The number of hydrogen-bond donors (Lipinski definition) is 1. The van der Waals surface area contributed by atoms with Crippen LogP contribution in [0.15, 0.2) is 0 Å². The maximum absolute atomic E-state index is 5.51. The Hall–Kier alpha value is -0.0800. The third-order valence-electron chi connectivity index (χ3n) is 3.16. The lowest BCUT2D eigenvalue weighted by Crippen LogP contribution is -2.31.